The highest BCUT2D eigenvalue weighted by Gasteiger charge is 2.51. The fourth-order valence-corrected chi connectivity index (χ4v) is 6.88. The standard InChI is InChI=1S/C27H46O5/c1-17(2)23-13-21(11-19(15-30-5)25(23)28)27(7-9-32-10-8-27)22-12-20(16-31-6)26(29)24(14-22)18(3)4/h17-22,28-29H,7-16H2,1-6H3. The van der Waals surface area contributed by atoms with Crippen molar-refractivity contribution in [1.29, 1.82) is 0 Å². The zero-order valence-corrected chi connectivity index (χ0v) is 21.2. The number of ether oxygens (including phenoxy) is 3. The molecule has 184 valence electrons. The van der Waals surface area contributed by atoms with E-state index in [1.807, 2.05) is 0 Å². The van der Waals surface area contributed by atoms with Gasteiger partial charge in [0.15, 0.2) is 0 Å². The van der Waals surface area contributed by atoms with E-state index in [2.05, 4.69) is 27.7 Å². The Morgan fingerprint density at radius 2 is 1.22 bits per heavy atom. The normalized spacial score (nSPS) is 31.6. The molecule has 4 unspecified atom stereocenters. The van der Waals surface area contributed by atoms with Gasteiger partial charge in [-0.15, -0.1) is 0 Å². The topological polar surface area (TPSA) is 68.2 Å². The number of allylic oxidation sites excluding steroid dienone is 2. The Kier molecular flexibility index (Phi) is 8.73. The van der Waals surface area contributed by atoms with Gasteiger partial charge in [-0.05, 0) is 78.8 Å². The largest absolute Gasteiger partial charge is 0.512 e. The highest BCUT2D eigenvalue weighted by atomic mass is 16.5. The molecule has 0 radical (unpaired) electrons. The Bertz CT molecular complexity index is 634. The molecular formula is C27H46O5. The fourth-order valence-electron chi connectivity index (χ4n) is 6.88. The van der Waals surface area contributed by atoms with Crippen LogP contribution in [0.1, 0.15) is 66.2 Å². The lowest BCUT2D eigenvalue weighted by atomic mass is 9.53. The first-order valence-corrected chi connectivity index (χ1v) is 12.6. The van der Waals surface area contributed by atoms with Gasteiger partial charge in [0.05, 0.1) is 24.7 Å². The molecule has 2 N–H and O–H groups in total. The molecular weight excluding hydrogens is 404 g/mol. The van der Waals surface area contributed by atoms with Crippen LogP contribution >= 0.6 is 0 Å². The molecule has 0 bridgehead atoms. The van der Waals surface area contributed by atoms with Crippen molar-refractivity contribution in [3.05, 3.63) is 22.7 Å². The first-order chi connectivity index (χ1) is 15.2. The zero-order valence-electron chi connectivity index (χ0n) is 21.2. The third-order valence-electron chi connectivity index (χ3n) is 8.68. The van der Waals surface area contributed by atoms with Crippen molar-refractivity contribution >= 4 is 0 Å². The molecule has 5 nitrogen and oxygen atoms in total. The molecule has 0 aromatic carbocycles. The second-order valence-electron chi connectivity index (χ2n) is 11.1. The smallest absolute Gasteiger partial charge is 0.0971 e. The Balaban J connectivity index is 2.00. The number of hydrogen-bond acceptors (Lipinski definition) is 5. The van der Waals surface area contributed by atoms with E-state index in [4.69, 9.17) is 14.2 Å². The van der Waals surface area contributed by atoms with E-state index in [1.165, 1.54) is 11.1 Å². The fraction of sp³-hybridized carbons (Fsp3) is 0.852. The molecule has 1 saturated heterocycles. The van der Waals surface area contributed by atoms with Gasteiger partial charge in [-0.3, -0.25) is 0 Å². The molecule has 0 saturated carbocycles. The van der Waals surface area contributed by atoms with E-state index in [1.54, 1.807) is 14.2 Å². The van der Waals surface area contributed by atoms with Gasteiger partial charge in [0, 0.05) is 39.3 Å². The van der Waals surface area contributed by atoms with Gasteiger partial charge in [-0.25, -0.2) is 0 Å². The van der Waals surface area contributed by atoms with Crippen LogP contribution in [0, 0.1) is 40.9 Å². The van der Waals surface area contributed by atoms with Gasteiger partial charge >= 0.3 is 0 Å². The summed E-state index contributed by atoms with van der Waals surface area (Å²) in [5, 5.41) is 22.0. The van der Waals surface area contributed by atoms with Crippen molar-refractivity contribution in [2.45, 2.75) is 66.2 Å². The number of aliphatic hydroxyl groups is 2. The maximum atomic E-state index is 11.0. The first kappa shape index (κ1) is 25.6. The summed E-state index contributed by atoms with van der Waals surface area (Å²) in [6, 6.07) is 0. The van der Waals surface area contributed by atoms with Crippen LogP contribution in [0.4, 0.5) is 0 Å². The summed E-state index contributed by atoms with van der Waals surface area (Å²) in [5.41, 5.74) is 2.57. The van der Waals surface area contributed by atoms with Crippen LogP contribution in [0.5, 0.6) is 0 Å². The van der Waals surface area contributed by atoms with Gasteiger partial charge in [-0.1, -0.05) is 27.7 Å². The summed E-state index contributed by atoms with van der Waals surface area (Å²) < 4.78 is 16.9. The lowest BCUT2D eigenvalue weighted by Gasteiger charge is -2.53. The molecule has 1 fully saturated rings. The molecule has 0 aromatic rings. The summed E-state index contributed by atoms with van der Waals surface area (Å²) in [4.78, 5) is 0. The second-order valence-corrected chi connectivity index (χ2v) is 11.1. The van der Waals surface area contributed by atoms with Gasteiger partial charge in [0.1, 0.15) is 0 Å². The number of rotatable bonds is 8. The van der Waals surface area contributed by atoms with Crippen LogP contribution in [-0.4, -0.2) is 50.9 Å². The van der Waals surface area contributed by atoms with Crippen LogP contribution < -0.4 is 0 Å². The molecule has 32 heavy (non-hydrogen) atoms. The van der Waals surface area contributed by atoms with Gasteiger partial charge in [-0.2, -0.15) is 0 Å². The molecule has 3 aliphatic rings. The lowest BCUT2D eigenvalue weighted by Crippen LogP contribution is -2.47. The van der Waals surface area contributed by atoms with Crippen molar-refractivity contribution in [2.24, 2.45) is 40.9 Å². The minimum atomic E-state index is 0.0720. The quantitative estimate of drug-likeness (QED) is 0.470. The maximum Gasteiger partial charge on any atom is 0.0971 e. The average molecular weight is 451 g/mol. The van der Waals surface area contributed by atoms with Crippen LogP contribution in [0.25, 0.3) is 0 Å². The van der Waals surface area contributed by atoms with E-state index >= 15 is 0 Å². The van der Waals surface area contributed by atoms with E-state index in [-0.39, 0.29) is 17.3 Å². The summed E-state index contributed by atoms with van der Waals surface area (Å²) in [6.07, 6.45) is 5.96. The maximum absolute atomic E-state index is 11.0. The predicted molar refractivity (Wildman–Crippen MR) is 128 cm³/mol. The molecule has 4 atom stereocenters. The first-order valence-electron chi connectivity index (χ1n) is 12.6. The van der Waals surface area contributed by atoms with E-state index in [9.17, 15) is 10.2 Å². The number of methoxy groups -OCH3 is 2. The molecule has 5 heteroatoms. The molecule has 0 spiro atoms. The second kappa shape index (κ2) is 10.9. The Morgan fingerprint density at radius 1 is 0.812 bits per heavy atom. The summed E-state index contributed by atoms with van der Waals surface area (Å²) in [5.74, 6) is 2.92. The van der Waals surface area contributed by atoms with Gasteiger partial charge < -0.3 is 24.4 Å². The SMILES string of the molecule is COCC1CC(C2(C3CC(C(C)C)=C(O)C(COC)C3)CCOCC2)CC(C(C)C)=C1O. The van der Waals surface area contributed by atoms with E-state index in [0.29, 0.717) is 48.4 Å². The zero-order chi connectivity index (χ0) is 23.5. The molecule has 1 aliphatic heterocycles. The van der Waals surface area contributed by atoms with Crippen molar-refractivity contribution < 1.29 is 24.4 Å². The summed E-state index contributed by atoms with van der Waals surface area (Å²) >= 11 is 0. The van der Waals surface area contributed by atoms with Crippen LogP contribution in [0.3, 0.4) is 0 Å². The predicted octanol–water partition coefficient (Wildman–Crippen LogP) is 6.06. The Labute approximate surface area is 195 Å². The number of hydrogen-bond donors (Lipinski definition) is 2. The third kappa shape index (κ3) is 5.05. The van der Waals surface area contributed by atoms with Crippen molar-refractivity contribution in [3.63, 3.8) is 0 Å². The number of aliphatic hydroxyl groups excluding tert-OH is 2. The summed E-state index contributed by atoms with van der Waals surface area (Å²) in [7, 11) is 3.46. The highest BCUT2D eigenvalue weighted by Crippen LogP contribution is 2.57. The van der Waals surface area contributed by atoms with Crippen LogP contribution in [0.2, 0.25) is 0 Å². The van der Waals surface area contributed by atoms with Crippen LogP contribution in [-0.2, 0) is 14.2 Å². The van der Waals surface area contributed by atoms with E-state index < -0.39 is 0 Å². The molecule has 0 amide bonds. The summed E-state index contributed by atoms with van der Waals surface area (Å²) in [6.45, 7) is 11.5. The minimum absolute atomic E-state index is 0.0720. The van der Waals surface area contributed by atoms with Crippen molar-refractivity contribution in [1.82, 2.24) is 0 Å². The third-order valence-corrected chi connectivity index (χ3v) is 8.68. The molecule has 2 aliphatic carbocycles. The average Bonchev–Trinajstić information content (AvgIpc) is 2.76. The molecule has 0 aromatic heterocycles. The van der Waals surface area contributed by atoms with Crippen molar-refractivity contribution in [2.75, 3.05) is 40.6 Å². The van der Waals surface area contributed by atoms with Gasteiger partial charge in [0.2, 0.25) is 0 Å². The monoisotopic (exact) mass is 450 g/mol. The highest BCUT2D eigenvalue weighted by molar-refractivity contribution is 5.22. The minimum Gasteiger partial charge on any atom is -0.512 e. The molecule has 3 rings (SSSR count). The van der Waals surface area contributed by atoms with Gasteiger partial charge in [0.25, 0.3) is 0 Å². The Morgan fingerprint density at radius 3 is 1.56 bits per heavy atom. The Hall–Kier alpha value is -1.04. The molecule has 1 heterocycles. The van der Waals surface area contributed by atoms with Crippen LogP contribution in [0.15, 0.2) is 22.7 Å². The lowest BCUT2D eigenvalue weighted by molar-refractivity contribution is -0.0795. The van der Waals surface area contributed by atoms with E-state index in [0.717, 1.165) is 51.7 Å². The van der Waals surface area contributed by atoms with Crippen molar-refractivity contribution in [3.8, 4) is 0 Å².